The number of carbonyl (C=O) groups is 1. The van der Waals surface area contributed by atoms with Gasteiger partial charge in [-0.3, -0.25) is 4.79 Å². The van der Waals surface area contributed by atoms with E-state index in [9.17, 15) is 14.3 Å². The first kappa shape index (κ1) is 13.2. The molecule has 0 aromatic heterocycles. The Bertz CT molecular complexity index is 285. The van der Waals surface area contributed by atoms with E-state index < -0.39 is 13.5 Å². The maximum absolute atomic E-state index is 11.3. The molecule has 0 saturated carbocycles. The Morgan fingerprint density at radius 3 is 2.50 bits per heavy atom. The van der Waals surface area contributed by atoms with Gasteiger partial charge in [0, 0.05) is 5.57 Å². The molecule has 3 N–H and O–H groups in total. The Hall–Kier alpha value is -0.800. The fourth-order valence-electron chi connectivity index (χ4n) is 0.724. The van der Waals surface area contributed by atoms with E-state index in [4.69, 9.17) is 5.73 Å². The lowest BCUT2D eigenvalue weighted by atomic mass is 10.3. The van der Waals surface area contributed by atoms with Gasteiger partial charge in [0.2, 0.25) is 5.91 Å². The maximum atomic E-state index is 11.3. The first-order valence-corrected chi connectivity index (χ1v) is 5.97. The molecule has 0 saturated heterocycles. The van der Waals surface area contributed by atoms with E-state index in [-0.39, 0.29) is 17.7 Å². The lowest BCUT2D eigenvalue weighted by molar-refractivity contribution is -0.114. The molecule has 14 heavy (non-hydrogen) atoms. The fourth-order valence-corrected chi connectivity index (χ4v) is 2.06. The molecule has 0 heterocycles. The van der Waals surface area contributed by atoms with Crippen LogP contribution in [0, 0.1) is 5.92 Å². The molecule has 0 bridgehead atoms. The predicted octanol–water partition coefficient (Wildman–Crippen LogP) is 1.23. The van der Waals surface area contributed by atoms with Crippen LogP contribution in [0.15, 0.2) is 11.8 Å². The fraction of sp³-hybridized carbons (Fsp3) is 0.625. The van der Waals surface area contributed by atoms with E-state index in [1.165, 1.54) is 6.92 Å². The van der Waals surface area contributed by atoms with E-state index >= 15 is 0 Å². The van der Waals surface area contributed by atoms with Crippen LogP contribution in [-0.4, -0.2) is 17.0 Å². The van der Waals surface area contributed by atoms with Gasteiger partial charge in [0.25, 0.3) is 0 Å². The highest BCUT2D eigenvalue weighted by atomic mass is 31.2. The third-order valence-corrected chi connectivity index (χ3v) is 3.01. The van der Waals surface area contributed by atoms with Gasteiger partial charge in [0.15, 0.2) is 0 Å². The SMILES string of the molecule is C/C(=C\OP(=O)(O)CC(C)C)C(N)=O. The first-order chi connectivity index (χ1) is 6.24. The largest absolute Gasteiger partial charge is 0.432 e. The van der Waals surface area contributed by atoms with Crippen LogP contribution in [0.1, 0.15) is 20.8 Å². The van der Waals surface area contributed by atoms with Crippen LogP contribution in [0.4, 0.5) is 0 Å². The van der Waals surface area contributed by atoms with Crippen molar-refractivity contribution in [1.29, 1.82) is 0 Å². The second-order valence-corrected chi connectivity index (χ2v) is 5.34. The van der Waals surface area contributed by atoms with E-state index in [0.717, 1.165) is 6.26 Å². The topological polar surface area (TPSA) is 89.6 Å². The van der Waals surface area contributed by atoms with Crippen LogP contribution in [-0.2, 0) is 13.9 Å². The van der Waals surface area contributed by atoms with Crippen molar-refractivity contribution in [2.45, 2.75) is 20.8 Å². The van der Waals surface area contributed by atoms with Crippen LogP contribution in [0.25, 0.3) is 0 Å². The van der Waals surface area contributed by atoms with Gasteiger partial charge in [-0.05, 0) is 12.8 Å². The molecule has 6 heteroatoms. The lowest BCUT2D eigenvalue weighted by Crippen LogP contribution is -2.11. The average Bonchev–Trinajstić information content (AvgIpc) is 1.97. The minimum absolute atomic E-state index is 0.0492. The molecular weight excluding hydrogens is 205 g/mol. The predicted molar refractivity (Wildman–Crippen MR) is 53.6 cm³/mol. The minimum Gasteiger partial charge on any atom is -0.432 e. The van der Waals surface area contributed by atoms with Gasteiger partial charge in [0.1, 0.15) is 6.26 Å². The molecule has 1 unspecified atom stereocenters. The highest BCUT2D eigenvalue weighted by Gasteiger charge is 2.20. The van der Waals surface area contributed by atoms with Crippen molar-refractivity contribution in [1.82, 2.24) is 0 Å². The van der Waals surface area contributed by atoms with Crippen LogP contribution in [0.3, 0.4) is 0 Å². The molecule has 1 atom stereocenters. The molecule has 0 aliphatic carbocycles. The van der Waals surface area contributed by atoms with Crippen LogP contribution in [0.2, 0.25) is 0 Å². The molecule has 0 radical (unpaired) electrons. The van der Waals surface area contributed by atoms with E-state index in [2.05, 4.69) is 4.52 Å². The van der Waals surface area contributed by atoms with Crippen molar-refractivity contribution in [3.8, 4) is 0 Å². The van der Waals surface area contributed by atoms with Crippen molar-refractivity contribution in [3.05, 3.63) is 11.8 Å². The molecule has 0 aromatic rings. The highest BCUT2D eigenvalue weighted by Crippen LogP contribution is 2.44. The standard InChI is InChI=1S/C8H16NO4P/c1-6(2)5-14(11,12)13-4-7(3)8(9)10/h4,6H,5H2,1-3H3,(H2,9,10)(H,11,12)/b7-4+. The second-order valence-electron chi connectivity index (χ2n) is 3.48. The Kier molecular flexibility index (Phi) is 4.88. The quantitative estimate of drug-likeness (QED) is 0.415. The van der Waals surface area contributed by atoms with Crippen molar-refractivity contribution in [2.75, 3.05) is 6.16 Å². The number of hydrogen-bond acceptors (Lipinski definition) is 3. The summed E-state index contributed by atoms with van der Waals surface area (Å²) in [4.78, 5) is 19.8. The van der Waals surface area contributed by atoms with Crippen molar-refractivity contribution >= 4 is 13.5 Å². The molecular formula is C8H16NO4P. The van der Waals surface area contributed by atoms with Crippen LogP contribution >= 0.6 is 7.60 Å². The Morgan fingerprint density at radius 2 is 2.14 bits per heavy atom. The first-order valence-electron chi connectivity index (χ1n) is 4.21. The van der Waals surface area contributed by atoms with Gasteiger partial charge in [-0.2, -0.15) is 0 Å². The Morgan fingerprint density at radius 1 is 1.64 bits per heavy atom. The summed E-state index contributed by atoms with van der Waals surface area (Å²) in [6, 6.07) is 0. The van der Waals surface area contributed by atoms with Crippen LogP contribution < -0.4 is 5.73 Å². The summed E-state index contributed by atoms with van der Waals surface area (Å²) < 4.78 is 15.9. The summed E-state index contributed by atoms with van der Waals surface area (Å²) in [6.07, 6.45) is 0.987. The minimum atomic E-state index is -3.63. The third kappa shape index (κ3) is 5.78. The number of carbonyl (C=O) groups excluding carboxylic acids is 1. The average molecular weight is 221 g/mol. The highest BCUT2D eigenvalue weighted by molar-refractivity contribution is 7.52. The number of primary amides is 1. The molecule has 0 rings (SSSR count). The Balaban J connectivity index is 4.31. The van der Waals surface area contributed by atoms with E-state index in [1.54, 1.807) is 13.8 Å². The van der Waals surface area contributed by atoms with Gasteiger partial charge in [-0.25, -0.2) is 4.57 Å². The summed E-state index contributed by atoms with van der Waals surface area (Å²) in [6.45, 7) is 5.02. The second kappa shape index (κ2) is 5.17. The summed E-state index contributed by atoms with van der Waals surface area (Å²) in [5.41, 5.74) is 5.02. The summed E-state index contributed by atoms with van der Waals surface area (Å²) in [7, 11) is -3.63. The van der Waals surface area contributed by atoms with Crippen molar-refractivity contribution < 1.29 is 18.8 Å². The van der Waals surface area contributed by atoms with Crippen molar-refractivity contribution in [2.24, 2.45) is 11.7 Å². The summed E-state index contributed by atoms with van der Waals surface area (Å²) in [5.74, 6) is -0.623. The zero-order valence-electron chi connectivity index (χ0n) is 8.56. The Labute approximate surface area is 83.5 Å². The molecule has 0 aliphatic heterocycles. The van der Waals surface area contributed by atoms with Gasteiger partial charge >= 0.3 is 7.60 Å². The molecule has 0 spiro atoms. The van der Waals surface area contributed by atoms with Gasteiger partial charge in [-0.15, -0.1) is 0 Å². The summed E-state index contributed by atoms with van der Waals surface area (Å²) in [5, 5.41) is 0. The molecule has 1 amide bonds. The van der Waals surface area contributed by atoms with Crippen molar-refractivity contribution in [3.63, 3.8) is 0 Å². The van der Waals surface area contributed by atoms with Gasteiger partial charge < -0.3 is 15.2 Å². The zero-order valence-corrected chi connectivity index (χ0v) is 9.45. The maximum Gasteiger partial charge on any atom is 0.376 e. The molecule has 5 nitrogen and oxygen atoms in total. The molecule has 0 fully saturated rings. The molecule has 0 aromatic carbocycles. The monoisotopic (exact) mass is 221 g/mol. The number of nitrogens with two attached hydrogens (primary N) is 1. The molecule has 82 valence electrons. The molecule has 0 aliphatic rings. The third-order valence-electron chi connectivity index (χ3n) is 1.38. The lowest BCUT2D eigenvalue weighted by Gasteiger charge is -2.12. The number of hydrogen-bond donors (Lipinski definition) is 2. The van der Waals surface area contributed by atoms with E-state index in [0.29, 0.717) is 0 Å². The summed E-state index contributed by atoms with van der Waals surface area (Å²) >= 11 is 0. The van der Waals surface area contributed by atoms with Gasteiger partial charge in [-0.1, -0.05) is 13.8 Å². The van der Waals surface area contributed by atoms with Crippen LogP contribution in [0.5, 0.6) is 0 Å². The number of amides is 1. The smallest absolute Gasteiger partial charge is 0.376 e. The van der Waals surface area contributed by atoms with Gasteiger partial charge in [0.05, 0.1) is 6.16 Å². The number of rotatable bonds is 5. The van der Waals surface area contributed by atoms with E-state index in [1.807, 2.05) is 0 Å². The zero-order chi connectivity index (χ0) is 11.4. The normalized spacial score (nSPS) is 16.5.